The Hall–Kier alpha value is -5.19. The van der Waals surface area contributed by atoms with Crippen molar-refractivity contribution in [2.75, 3.05) is 11.9 Å². The van der Waals surface area contributed by atoms with Crippen molar-refractivity contribution in [1.82, 2.24) is 16.0 Å². The number of alkyl carbamates (subject to hydrolysis) is 1. The third-order valence-electron chi connectivity index (χ3n) is 8.15. The Kier molecular flexibility index (Phi) is 11.9. The number of carboxylic acids is 1. The zero-order valence-corrected chi connectivity index (χ0v) is 27.9. The van der Waals surface area contributed by atoms with Crippen LogP contribution < -0.4 is 21.3 Å². The molecule has 4 amide bonds. The van der Waals surface area contributed by atoms with E-state index in [1.165, 1.54) is 31.2 Å². The molecule has 0 unspecified atom stereocenters. The molecular weight excluding hydrogens is 612 g/mol. The molecule has 5 N–H and O–H groups in total. The minimum absolute atomic E-state index is 0.0439. The summed E-state index contributed by atoms with van der Waals surface area (Å²) in [6, 6.07) is 18.8. The molecule has 0 radical (unpaired) electrons. The number of hydrogen-bond acceptors (Lipinski definition) is 6. The van der Waals surface area contributed by atoms with Crippen LogP contribution in [0.1, 0.15) is 74.9 Å². The van der Waals surface area contributed by atoms with Crippen LogP contribution in [0, 0.1) is 11.8 Å². The zero-order chi connectivity index (χ0) is 35.0. The molecule has 48 heavy (non-hydrogen) atoms. The van der Waals surface area contributed by atoms with Crippen molar-refractivity contribution in [2.45, 2.75) is 71.5 Å². The number of fused-ring (bicyclic) bond motifs is 3. The van der Waals surface area contributed by atoms with Crippen LogP contribution >= 0.6 is 0 Å². The van der Waals surface area contributed by atoms with Gasteiger partial charge >= 0.3 is 12.1 Å². The average Bonchev–Trinajstić information content (AvgIpc) is 3.36. The molecule has 254 valence electrons. The maximum Gasteiger partial charge on any atom is 0.407 e. The summed E-state index contributed by atoms with van der Waals surface area (Å²) >= 11 is 0. The van der Waals surface area contributed by atoms with E-state index >= 15 is 0 Å². The van der Waals surface area contributed by atoms with E-state index in [-0.39, 0.29) is 29.9 Å². The normalized spacial score (nSPS) is 13.9. The summed E-state index contributed by atoms with van der Waals surface area (Å²) < 4.78 is 5.65. The molecule has 1 aliphatic carbocycles. The number of nitrogens with one attached hydrogen (secondary N) is 4. The second-order valence-electron chi connectivity index (χ2n) is 12.9. The van der Waals surface area contributed by atoms with Crippen LogP contribution in [0.2, 0.25) is 0 Å². The number of carbonyl (C=O) groups is 5. The first-order valence-electron chi connectivity index (χ1n) is 16.2. The minimum atomic E-state index is -1.09. The van der Waals surface area contributed by atoms with E-state index in [9.17, 15) is 24.0 Å². The predicted molar refractivity (Wildman–Crippen MR) is 182 cm³/mol. The maximum absolute atomic E-state index is 13.3. The summed E-state index contributed by atoms with van der Waals surface area (Å²) in [5.74, 6) is -2.73. The highest BCUT2D eigenvalue weighted by Crippen LogP contribution is 2.44. The lowest BCUT2D eigenvalue weighted by atomic mass is 9.98. The van der Waals surface area contributed by atoms with Crippen LogP contribution in [-0.4, -0.2) is 59.6 Å². The van der Waals surface area contributed by atoms with Crippen LogP contribution in [0.3, 0.4) is 0 Å². The third kappa shape index (κ3) is 9.21. The zero-order valence-electron chi connectivity index (χ0n) is 27.9. The molecular formula is C37H44N4O7. The highest BCUT2D eigenvalue weighted by atomic mass is 16.5. The smallest absolute Gasteiger partial charge is 0.407 e. The van der Waals surface area contributed by atoms with Gasteiger partial charge < -0.3 is 31.1 Å². The SMILES string of the molecule is CC(C)C[C@H](NC(=O)OCC1c2ccccc2-c2ccccc21)C(=O)N[C@@H](C)C(=O)N[C@@H](CC(C)C)C(=O)Nc1ccc(C(=O)O)cc1. The summed E-state index contributed by atoms with van der Waals surface area (Å²) in [4.78, 5) is 63.8. The first kappa shape index (κ1) is 35.7. The summed E-state index contributed by atoms with van der Waals surface area (Å²) in [6.45, 7) is 9.25. The third-order valence-corrected chi connectivity index (χ3v) is 8.15. The lowest BCUT2D eigenvalue weighted by Crippen LogP contribution is -2.55. The highest BCUT2D eigenvalue weighted by Gasteiger charge is 2.31. The van der Waals surface area contributed by atoms with Crippen molar-refractivity contribution in [3.63, 3.8) is 0 Å². The van der Waals surface area contributed by atoms with Crippen LogP contribution in [0.15, 0.2) is 72.8 Å². The number of ether oxygens (including phenoxy) is 1. The van der Waals surface area contributed by atoms with Gasteiger partial charge in [0.25, 0.3) is 0 Å². The predicted octanol–water partition coefficient (Wildman–Crippen LogP) is 5.31. The maximum atomic E-state index is 13.3. The second-order valence-corrected chi connectivity index (χ2v) is 12.9. The Morgan fingerprint density at radius 2 is 1.19 bits per heavy atom. The fourth-order valence-corrected chi connectivity index (χ4v) is 5.79. The molecule has 0 aliphatic heterocycles. The van der Waals surface area contributed by atoms with Gasteiger partial charge in [-0.2, -0.15) is 0 Å². The van der Waals surface area contributed by atoms with Crippen LogP contribution in [0.4, 0.5) is 10.5 Å². The van der Waals surface area contributed by atoms with E-state index in [1.54, 1.807) is 0 Å². The van der Waals surface area contributed by atoms with Gasteiger partial charge in [-0.3, -0.25) is 14.4 Å². The van der Waals surface area contributed by atoms with E-state index in [4.69, 9.17) is 9.84 Å². The molecule has 11 nitrogen and oxygen atoms in total. The van der Waals surface area contributed by atoms with Crippen molar-refractivity contribution < 1.29 is 33.8 Å². The van der Waals surface area contributed by atoms with Crippen LogP contribution in [0.25, 0.3) is 11.1 Å². The molecule has 0 bridgehead atoms. The quantitative estimate of drug-likeness (QED) is 0.157. The Morgan fingerprint density at radius 1 is 0.667 bits per heavy atom. The first-order chi connectivity index (χ1) is 22.8. The van der Waals surface area contributed by atoms with Gasteiger partial charge in [0.2, 0.25) is 17.7 Å². The van der Waals surface area contributed by atoms with E-state index in [2.05, 4.69) is 21.3 Å². The van der Waals surface area contributed by atoms with Crippen LogP contribution in [-0.2, 0) is 19.1 Å². The molecule has 0 heterocycles. The summed E-state index contributed by atoms with van der Waals surface area (Å²) in [6.07, 6.45) is -0.103. The van der Waals surface area contributed by atoms with Gasteiger partial charge in [-0.25, -0.2) is 9.59 Å². The molecule has 3 aromatic carbocycles. The average molecular weight is 657 g/mol. The van der Waals surface area contributed by atoms with Gasteiger partial charge in [0, 0.05) is 11.6 Å². The van der Waals surface area contributed by atoms with E-state index in [1.807, 2.05) is 76.2 Å². The number of anilines is 1. The second kappa shape index (κ2) is 16.1. The summed E-state index contributed by atoms with van der Waals surface area (Å²) in [7, 11) is 0. The number of amides is 4. The number of carbonyl (C=O) groups excluding carboxylic acids is 4. The number of carboxylic acid groups (broad SMARTS) is 1. The Balaban J connectivity index is 1.35. The Morgan fingerprint density at radius 3 is 1.71 bits per heavy atom. The van der Waals surface area contributed by atoms with E-state index < -0.39 is 47.9 Å². The van der Waals surface area contributed by atoms with Crippen LogP contribution in [0.5, 0.6) is 0 Å². The fourth-order valence-electron chi connectivity index (χ4n) is 5.79. The molecule has 0 fully saturated rings. The molecule has 0 saturated carbocycles. The van der Waals surface area contributed by atoms with Gasteiger partial charge in [0.05, 0.1) is 5.56 Å². The monoisotopic (exact) mass is 656 g/mol. The molecule has 3 aromatic rings. The number of benzene rings is 3. The Labute approximate surface area is 280 Å². The molecule has 3 atom stereocenters. The van der Waals surface area contributed by atoms with Gasteiger partial charge in [-0.15, -0.1) is 0 Å². The molecule has 0 aromatic heterocycles. The lowest BCUT2D eigenvalue weighted by Gasteiger charge is -2.25. The molecule has 0 spiro atoms. The minimum Gasteiger partial charge on any atom is -0.478 e. The van der Waals surface area contributed by atoms with Gasteiger partial charge in [-0.1, -0.05) is 76.2 Å². The molecule has 4 rings (SSSR count). The van der Waals surface area contributed by atoms with Gasteiger partial charge in [-0.05, 0) is 78.1 Å². The lowest BCUT2D eigenvalue weighted by molar-refractivity contribution is -0.131. The molecule has 0 saturated heterocycles. The van der Waals surface area contributed by atoms with Crippen molar-refractivity contribution in [2.24, 2.45) is 11.8 Å². The molecule has 1 aliphatic rings. The first-order valence-corrected chi connectivity index (χ1v) is 16.2. The standard InChI is InChI=1S/C37H44N4O7/c1-21(2)18-31(35(44)39-25-16-14-24(15-17-25)36(45)46)40-33(42)23(5)38-34(43)32(19-22(3)4)41-37(47)48-20-30-28-12-8-6-10-26(28)27-11-7-9-13-29(27)30/h6-17,21-23,30-32H,18-20H2,1-5H3,(H,38,43)(H,39,44)(H,40,42)(H,41,47)(H,45,46)/t23-,31-,32-/m0/s1. The van der Waals surface area contributed by atoms with Gasteiger partial charge in [0.1, 0.15) is 24.7 Å². The number of aromatic carboxylic acids is 1. The Bertz CT molecular complexity index is 1590. The van der Waals surface area contributed by atoms with E-state index in [0.717, 1.165) is 22.3 Å². The van der Waals surface area contributed by atoms with E-state index in [0.29, 0.717) is 18.5 Å². The largest absolute Gasteiger partial charge is 0.478 e. The van der Waals surface area contributed by atoms with Crippen molar-refractivity contribution in [3.05, 3.63) is 89.5 Å². The van der Waals surface area contributed by atoms with Crippen molar-refractivity contribution >= 4 is 35.5 Å². The van der Waals surface area contributed by atoms with Gasteiger partial charge in [0.15, 0.2) is 0 Å². The number of hydrogen-bond donors (Lipinski definition) is 5. The summed E-state index contributed by atoms with van der Waals surface area (Å²) in [5, 5.41) is 19.9. The van der Waals surface area contributed by atoms with Crippen molar-refractivity contribution in [3.8, 4) is 11.1 Å². The van der Waals surface area contributed by atoms with Crippen molar-refractivity contribution in [1.29, 1.82) is 0 Å². The fraction of sp³-hybridized carbons (Fsp3) is 0.378. The number of rotatable bonds is 14. The summed E-state index contributed by atoms with van der Waals surface area (Å²) in [5.41, 5.74) is 4.81. The topological polar surface area (TPSA) is 163 Å². The molecule has 11 heteroatoms. The highest BCUT2D eigenvalue weighted by molar-refractivity contribution is 5.99.